The topological polar surface area (TPSA) is 88.0 Å². The molecule has 2 aliphatic heterocycles. The van der Waals surface area contributed by atoms with E-state index in [4.69, 9.17) is 19.8 Å². The minimum absolute atomic E-state index is 0.0838. The van der Waals surface area contributed by atoms with Crippen molar-refractivity contribution in [2.45, 2.75) is 44.2 Å². The number of likely N-dealkylation sites (tertiary alicyclic amines) is 1. The molecule has 3 aliphatic rings. The number of anilines is 1. The molecule has 186 valence electrons. The molecule has 2 saturated heterocycles. The third-order valence-electron chi connectivity index (χ3n) is 8.10. The van der Waals surface area contributed by atoms with Crippen LogP contribution >= 0.6 is 0 Å². The van der Waals surface area contributed by atoms with Crippen molar-refractivity contribution in [2.75, 3.05) is 44.2 Å². The van der Waals surface area contributed by atoms with Gasteiger partial charge in [0, 0.05) is 61.5 Å². The first-order chi connectivity index (χ1) is 17.7. The molecule has 4 aromatic heterocycles. The van der Waals surface area contributed by atoms with Crippen LogP contribution in [0.3, 0.4) is 0 Å². The van der Waals surface area contributed by atoms with Crippen molar-refractivity contribution >= 4 is 17.0 Å². The van der Waals surface area contributed by atoms with Crippen molar-refractivity contribution in [1.29, 1.82) is 0 Å². The molecule has 0 aromatic carbocycles. The molecule has 36 heavy (non-hydrogen) atoms. The molecule has 9 nitrogen and oxygen atoms in total. The summed E-state index contributed by atoms with van der Waals surface area (Å²) in [5, 5.41) is 4.72. The van der Waals surface area contributed by atoms with Crippen LogP contribution in [-0.4, -0.2) is 79.5 Å². The van der Waals surface area contributed by atoms with E-state index < -0.39 is 0 Å². The summed E-state index contributed by atoms with van der Waals surface area (Å²) < 4.78 is 8.09. The Morgan fingerprint density at radius 1 is 1.06 bits per heavy atom. The third kappa shape index (κ3) is 3.96. The van der Waals surface area contributed by atoms with Gasteiger partial charge in [0.25, 0.3) is 0 Å². The Hall–Kier alpha value is -3.30. The lowest BCUT2D eigenvalue weighted by Crippen LogP contribution is -2.44. The zero-order valence-electron chi connectivity index (χ0n) is 20.7. The highest BCUT2D eigenvalue weighted by molar-refractivity contribution is 5.91. The third-order valence-corrected chi connectivity index (χ3v) is 8.10. The summed E-state index contributed by atoms with van der Waals surface area (Å²) in [4.78, 5) is 22.5. The van der Waals surface area contributed by atoms with Crippen LogP contribution in [0.2, 0.25) is 0 Å². The molecule has 1 aliphatic carbocycles. The number of nitrogens with zero attached hydrogens (tertiary/aromatic N) is 7. The molecule has 0 amide bonds. The number of aromatic nitrogens is 6. The Bertz CT molecular complexity index is 1360. The van der Waals surface area contributed by atoms with Gasteiger partial charge in [-0.25, -0.2) is 15.0 Å². The molecule has 4 aromatic rings. The first-order valence-corrected chi connectivity index (χ1v) is 13.2. The number of aromatic amines is 1. The smallest absolute Gasteiger partial charge is 0.156 e. The van der Waals surface area contributed by atoms with Gasteiger partial charge >= 0.3 is 0 Å². The highest BCUT2D eigenvalue weighted by Gasteiger charge is 2.47. The van der Waals surface area contributed by atoms with Gasteiger partial charge in [-0.2, -0.15) is 5.10 Å². The maximum absolute atomic E-state index is 5.95. The summed E-state index contributed by atoms with van der Waals surface area (Å²) in [6.45, 7) is 8.22. The Labute approximate surface area is 210 Å². The van der Waals surface area contributed by atoms with Crippen molar-refractivity contribution in [1.82, 2.24) is 34.6 Å². The molecule has 9 heteroatoms. The van der Waals surface area contributed by atoms with Crippen LogP contribution in [0.15, 0.2) is 43.1 Å². The first kappa shape index (κ1) is 21.9. The Balaban J connectivity index is 1.13. The Morgan fingerprint density at radius 3 is 2.72 bits per heavy atom. The van der Waals surface area contributed by atoms with E-state index in [-0.39, 0.29) is 5.60 Å². The molecule has 0 bridgehead atoms. The molecule has 0 radical (unpaired) electrons. The number of piperidine rings is 1. The zero-order valence-corrected chi connectivity index (χ0v) is 20.7. The van der Waals surface area contributed by atoms with Gasteiger partial charge < -0.3 is 19.5 Å². The molecule has 1 spiro atoms. The fourth-order valence-corrected chi connectivity index (χ4v) is 5.63. The lowest BCUT2D eigenvalue weighted by Gasteiger charge is -2.34. The van der Waals surface area contributed by atoms with Crippen molar-refractivity contribution in [3.05, 3.63) is 43.1 Å². The quantitative estimate of drug-likeness (QED) is 0.459. The zero-order chi connectivity index (χ0) is 24.1. The SMILES string of the molecule is CCN1CCC(n2cc(-c3c[nH]c4ncc(-c5ccc(N6CCOC7(CC7)C6)nc5)nc34)cn2)CC1. The highest BCUT2D eigenvalue weighted by Crippen LogP contribution is 2.42. The van der Waals surface area contributed by atoms with Crippen LogP contribution < -0.4 is 4.90 Å². The molecule has 7 rings (SSSR count). The lowest BCUT2D eigenvalue weighted by atomic mass is 10.1. The second-order valence-corrected chi connectivity index (χ2v) is 10.4. The number of ether oxygens (including phenoxy) is 1. The monoisotopic (exact) mass is 484 g/mol. The average Bonchev–Trinajstić information content (AvgIpc) is 3.31. The van der Waals surface area contributed by atoms with Crippen LogP contribution in [0.25, 0.3) is 33.5 Å². The van der Waals surface area contributed by atoms with E-state index in [9.17, 15) is 0 Å². The number of morpholine rings is 1. The van der Waals surface area contributed by atoms with Crippen molar-refractivity contribution in [3.8, 4) is 22.4 Å². The number of hydrogen-bond acceptors (Lipinski definition) is 7. The largest absolute Gasteiger partial charge is 0.371 e. The Kier molecular flexibility index (Phi) is 5.28. The van der Waals surface area contributed by atoms with Crippen molar-refractivity contribution < 1.29 is 4.74 Å². The summed E-state index contributed by atoms with van der Waals surface area (Å²) in [6, 6.07) is 4.65. The Morgan fingerprint density at radius 2 is 1.94 bits per heavy atom. The predicted molar refractivity (Wildman–Crippen MR) is 139 cm³/mol. The fraction of sp³-hybridized carbons (Fsp3) is 0.481. The van der Waals surface area contributed by atoms with E-state index in [1.165, 1.54) is 0 Å². The highest BCUT2D eigenvalue weighted by atomic mass is 16.5. The van der Waals surface area contributed by atoms with Gasteiger partial charge in [-0.3, -0.25) is 4.68 Å². The molecule has 1 saturated carbocycles. The maximum atomic E-state index is 5.95. The lowest BCUT2D eigenvalue weighted by molar-refractivity contribution is 0.0204. The van der Waals surface area contributed by atoms with E-state index in [1.807, 2.05) is 24.8 Å². The predicted octanol–water partition coefficient (Wildman–Crippen LogP) is 3.91. The maximum Gasteiger partial charge on any atom is 0.156 e. The van der Waals surface area contributed by atoms with Gasteiger partial charge in [0.15, 0.2) is 5.65 Å². The van der Waals surface area contributed by atoms with Crippen molar-refractivity contribution in [2.24, 2.45) is 0 Å². The molecule has 0 atom stereocenters. The van der Waals surface area contributed by atoms with E-state index >= 15 is 0 Å². The van der Waals surface area contributed by atoms with Crippen LogP contribution in [0, 0.1) is 0 Å². The van der Waals surface area contributed by atoms with Crippen LogP contribution in [0.1, 0.15) is 38.6 Å². The first-order valence-electron chi connectivity index (χ1n) is 13.2. The number of fused-ring (bicyclic) bond motifs is 1. The fourth-order valence-electron chi connectivity index (χ4n) is 5.63. The van der Waals surface area contributed by atoms with Gasteiger partial charge in [-0.15, -0.1) is 0 Å². The summed E-state index contributed by atoms with van der Waals surface area (Å²) in [5.74, 6) is 1.00. The number of rotatable bonds is 5. The molecular formula is C27H32N8O. The molecule has 0 unspecified atom stereocenters. The summed E-state index contributed by atoms with van der Waals surface area (Å²) >= 11 is 0. The number of H-pyrrole nitrogens is 1. The van der Waals surface area contributed by atoms with E-state index in [2.05, 4.69) is 49.7 Å². The van der Waals surface area contributed by atoms with Crippen LogP contribution in [0.4, 0.5) is 5.82 Å². The molecular weight excluding hydrogens is 452 g/mol. The van der Waals surface area contributed by atoms with E-state index in [0.717, 1.165) is 104 Å². The molecule has 6 heterocycles. The standard InChI is InChI=1S/C27H32N8O/c1-2-33-9-5-21(6-10-33)35-17-20(14-31-35)22-15-29-26-25(22)32-23(16-30-26)19-3-4-24(28-13-19)34-11-12-36-27(18-34)7-8-27/h3-4,13-17,21H,2,5-12,18H2,1H3,(H,29,30). The second-order valence-electron chi connectivity index (χ2n) is 10.4. The van der Waals surface area contributed by atoms with Gasteiger partial charge in [-0.05, 0) is 44.4 Å². The normalized spacial score (nSPS) is 20.4. The number of nitrogens with one attached hydrogen (secondary N) is 1. The number of hydrogen-bond donors (Lipinski definition) is 1. The second kappa shape index (κ2) is 8.67. The number of pyridine rings is 1. The van der Waals surface area contributed by atoms with Gasteiger partial charge in [0.1, 0.15) is 11.3 Å². The molecule has 3 fully saturated rings. The summed E-state index contributed by atoms with van der Waals surface area (Å²) in [7, 11) is 0. The summed E-state index contributed by atoms with van der Waals surface area (Å²) in [6.07, 6.45) is 14.4. The van der Waals surface area contributed by atoms with Gasteiger partial charge in [0.05, 0.1) is 36.3 Å². The minimum atomic E-state index is 0.0838. The molecule has 1 N–H and O–H groups in total. The van der Waals surface area contributed by atoms with Crippen molar-refractivity contribution in [3.63, 3.8) is 0 Å². The minimum Gasteiger partial charge on any atom is -0.371 e. The van der Waals surface area contributed by atoms with Gasteiger partial charge in [-0.1, -0.05) is 6.92 Å². The van der Waals surface area contributed by atoms with Crippen LogP contribution in [0.5, 0.6) is 0 Å². The average molecular weight is 485 g/mol. The van der Waals surface area contributed by atoms with E-state index in [1.54, 1.807) is 0 Å². The van der Waals surface area contributed by atoms with E-state index in [0.29, 0.717) is 6.04 Å². The van der Waals surface area contributed by atoms with Gasteiger partial charge in [0.2, 0.25) is 0 Å². The van der Waals surface area contributed by atoms with Crippen LogP contribution in [-0.2, 0) is 4.74 Å². The summed E-state index contributed by atoms with van der Waals surface area (Å²) in [5.41, 5.74) is 5.62.